The maximum Gasteiger partial charge on any atom is 0.142 e. The first-order chi connectivity index (χ1) is 3.83. The molecular formula is C5H8N2O. The van der Waals surface area contributed by atoms with Crippen LogP contribution in [0.15, 0.2) is 11.8 Å². The van der Waals surface area contributed by atoms with Gasteiger partial charge < -0.3 is 10.2 Å². The third-order valence-corrected chi connectivity index (χ3v) is 1.01. The number of hydrogen-bond acceptors (Lipinski definition) is 3. The third-order valence-electron chi connectivity index (χ3n) is 1.01. The summed E-state index contributed by atoms with van der Waals surface area (Å²) in [6, 6.07) is -0.130. The minimum Gasteiger partial charge on any atom is -0.325 e. The quantitative estimate of drug-likeness (QED) is 0.452. The van der Waals surface area contributed by atoms with Gasteiger partial charge in [0.25, 0.3) is 0 Å². The maximum atomic E-state index is 10.0. The van der Waals surface area contributed by atoms with Gasteiger partial charge in [0.1, 0.15) is 12.3 Å². The maximum absolute atomic E-state index is 10.0. The highest BCUT2D eigenvalue weighted by molar-refractivity contribution is 5.61. The summed E-state index contributed by atoms with van der Waals surface area (Å²) in [6.45, 7) is 1.90. The van der Waals surface area contributed by atoms with E-state index < -0.39 is 0 Å². The van der Waals surface area contributed by atoms with Gasteiger partial charge >= 0.3 is 0 Å². The lowest BCUT2D eigenvalue weighted by Crippen LogP contribution is -2.32. The number of aldehydes is 1. The van der Waals surface area contributed by atoms with Gasteiger partial charge in [0.05, 0.1) is 0 Å². The van der Waals surface area contributed by atoms with E-state index in [4.69, 9.17) is 0 Å². The fourth-order valence-corrected chi connectivity index (χ4v) is 0.623. The molecule has 2 N–H and O–H groups in total. The first-order valence-corrected chi connectivity index (χ1v) is 2.48. The summed E-state index contributed by atoms with van der Waals surface area (Å²) in [6.07, 6.45) is 2.68. The molecule has 0 aromatic rings. The number of hydrazine groups is 1. The summed E-state index contributed by atoms with van der Waals surface area (Å²) < 4.78 is 0. The van der Waals surface area contributed by atoms with E-state index in [0.717, 1.165) is 12.0 Å². The molecule has 1 atom stereocenters. The highest BCUT2D eigenvalue weighted by Crippen LogP contribution is 1.94. The van der Waals surface area contributed by atoms with Crippen LogP contribution in [0.3, 0.4) is 0 Å². The number of rotatable bonds is 1. The van der Waals surface area contributed by atoms with Crippen LogP contribution in [0.1, 0.15) is 6.92 Å². The Morgan fingerprint density at radius 1 is 1.88 bits per heavy atom. The van der Waals surface area contributed by atoms with Crippen LogP contribution in [-0.4, -0.2) is 12.3 Å². The molecule has 0 aliphatic carbocycles. The predicted octanol–water partition coefficient (Wildman–Crippen LogP) is -0.435. The molecule has 3 heteroatoms. The molecule has 0 aromatic heterocycles. The molecule has 0 saturated heterocycles. The Hall–Kier alpha value is -0.830. The minimum absolute atomic E-state index is 0.130. The van der Waals surface area contributed by atoms with E-state index in [1.54, 1.807) is 0 Å². The fourth-order valence-electron chi connectivity index (χ4n) is 0.623. The molecular weight excluding hydrogens is 104 g/mol. The van der Waals surface area contributed by atoms with Crippen molar-refractivity contribution in [1.29, 1.82) is 0 Å². The van der Waals surface area contributed by atoms with Crippen LogP contribution in [0.2, 0.25) is 0 Å². The van der Waals surface area contributed by atoms with Crippen molar-refractivity contribution in [2.75, 3.05) is 0 Å². The highest BCUT2D eigenvalue weighted by atomic mass is 16.1. The Morgan fingerprint density at radius 3 is 2.88 bits per heavy atom. The number of nitrogens with one attached hydrogen (secondary N) is 2. The van der Waals surface area contributed by atoms with Crippen molar-refractivity contribution in [3.05, 3.63) is 11.8 Å². The van der Waals surface area contributed by atoms with Gasteiger partial charge in [-0.25, -0.2) is 5.43 Å². The second-order valence-corrected chi connectivity index (χ2v) is 1.78. The third kappa shape index (κ3) is 0.869. The van der Waals surface area contributed by atoms with Crippen molar-refractivity contribution in [3.8, 4) is 0 Å². The van der Waals surface area contributed by atoms with E-state index >= 15 is 0 Å². The Balaban J connectivity index is 2.53. The van der Waals surface area contributed by atoms with Crippen molar-refractivity contribution in [2.45, 2.75) is 13.0 Å². The second kappa shape index (κ2) is 1.96. The Labute approximate surface area is 47.7 Å². The molecule has 1 aliphatic rings. The summed E-state index contributed by atoms with van der Waals surface area (Å²) >= 11 is 0. The summed E-state index contributed by atoms with van der Waals surface area (Å²) in [7, 11) is 0. The second-order valence-electron chi connectivity index (χ2n) is 1.78. The van der Waals surface area contributed by atoms with Crippen molar-refractivity contribution >= 4 is 6.29 Å². The van der Waals surface area contributed by atoms with Crippen LogP contribution in [0, 0.1) is 0 Å². The number of carbonyl (C=O) groups excluding carboxylic acids is 1. The van der Waals surface area contributed by atoms with Gasteiger partial charge in [0.15, 0.2) is 0 Å². The molecule has 0 amide bonds. The Morgan fingerprint density at radius 2 is 2.62 bits per heavy atom. The largest absolute Gasteiger partial charge is 0.325 e. The van der Waals surface area contributed by atoms with E-state index in [2.05, 4.69) is 10.9 Å². The van der Waals surface area contributed by atoms with E-state index in [9.17, 15) is 4.79 Å². The topological polar surface area (TPSA) is 41.1 Å². The molecule has 1 aliphatic heterocycles. The summed E-state index contributed by atoms with van der Waals surface area (Å²) in [5.41, 5.74) is 6.55. The zero-order chi connectivity index (χ0) is 5.98. The minimum atomic E-state index is -0.130. The van der Waals surface area contributed by atoms with E-state index in [1.165, 1.54) is 0 Å². The van der Waals surface area contributed by atoms with Crippen LogP contribution in [0.4, 0.5) is 0 Å². The van der Waals surface area contributed by atoms with Gasteiger partial charge in [-0.05, 0) is 13.0 Å². The van der Waals surface area contributed by atoms with Crippen molar-refractivity contribution in [2.24, 2.45) is 0 Å². The van der Waals surface area contributed by atoms with Crippen molar-refractivity contribution < 1.29 is 4.79 Å². The normalized spacial score (nSPS) is 26.6. The van der Waals surface area contributed by atoms with E-state index in [-0.39, 0.29) is 6.04 Å². The average molecular weight is 112 g/mol. The van der Waals surface area contributed by atoms with Crippen molar-refractivity contribution in [1.82, 2.24) is 10.9 Å². The first kappa shape index (κ1) is 5.31. The Kier molecular flexibility index (Phi) is 1.30. The summed E-state index contributed by atoms with van der Waals surface area (Å²) in [4.78, 5) is 10.0. The first-order valence-electron chi connectivity index (χ1n) is 2.48. The molecule has 8 heavy (non-hydrogen) atoms. The molecule has 0 spiro atoms. The van der Waals surface area contributed by atoms with Gasteiger partial charge in [0.2, 0.25) is 0 Å². The van der Waals surface area contributed by atoms with Crippen LogP contribution in [-0.2, 0) is 4.79 Å². The lowest BCUT2D eigenvalue weighted by Gasteiger charge is -1.96. The number of allylic oxidation sites excluding steroid dienone is 1. The SMILES string of the molecule is CC1=CC(C=O)NN1. The molecule has 1 rings (SSSR count). The van der Waals surface area contributed by atoms with Gasteiger partial charge in [-0.15, -0.1) is 0 Å². The van der Waals surface area contributed by atoms with Crippen molar-refractivity contribution in [3.63, 3.8) is 0 Å². The fraction of sp³-hybridized carbons (Fsp3) is 0.400. The molecule has 44 valence electrons. The zero-order valence-corrected chi connectivity index (χ0v) is 4.64. The van der Waals surface area contributed by atoms with E-state index in [0.29, 0.717) is 0 Å². The number of hydrogen-bond donors (Lipinski definition) is 2. The standard InChI is InChI=1S/C5H8N2O/c1-4-2-5(3-8)7-6-4/h2-3,5-7H,1H3. The number of carbonyl (C=O) groups is 1. The van der Waals surface area contributed by atoms with Crippen LogP contribution < -0.4 is 10.9 Å². The Bertz CT molecular complexity index is 130. The van der Waals surface area contributed by atoms with Crippen LogP contribution in [0.5, 0.6) is 0 Å². The van der Waals surface area contributed by atoms with Gasteiger partial charge in [-0.1, -0.05) is 0 Å². The predicted molar refractivity (Wildman–Crippen MR) is 29.9 cm³/mol. The lowest BCUT2D eigenvalue weighted by molar-refractivity contribution is -0.108. The monoisotopic (exact) mass is 112 g/mol. The molecule has 0 bridgehead atoms. The summed E-state index contributed by atoms with van der Waals surface area (Å²) in [5.74, 6) is 0. The summed E-state index contributed by atoms with van der Waals surface area (Å²) in [5, 5.41) is 0. The molecule has 0 aromatic carbocycles. The molecule has 0 radical (unpaired) electrons. The average Bonchev–Trinajstić information content (AvgIpc) is 2.14. The van der Waals surface area contributed by atoms with Gasteiger partial charge in [-0.2, -0.15) is 0 Å². The molecule has 0 fully saturated rings. The smallest absolute Gasteiger partial charge is 0.142 e. The molecule has 0 saturated carbocycles. The van der Waals surface area contributed by atoms with Gasteiger partial charge in [0, 0.05) is 5.70 Å². The van der Waals surface area contributed by atoms with E-state index in [1.807, 2.05) is 13.0 Å². The van der Waals surface area contributed by atoms with Crippen LogP contribution >= 0.6 is 0 Å². The van der Waals surface area contributed by atoms with Gasteiger partial charge in [-0.3, -0.25) is 0 Å². The molecule has 1 unspecified atom stereocenters. The zero-order valence-electron chi connectivity index (χ0n) is 4.64. The lowest BCUT2D eigenvalue weighted by atomic mass is 10.3. The molecule has 1 heterocycles. The molecule has 3 nitrogen and oxygen atoms in total. The van der Waals surface area contributed by atoms with Crippen LogP contribution in [0.25, 0.3) is 0 Å². The highest BCUT2D eigenvalue weighted by Gasteiger charge is 2.07.